The van der Waals surface area contributed by atoms with Gasteiger partial charge in [-0.05, 0) is 0 Å². The first-order chi connectivity index (χ1) is 9.74. The summed E-state index contributed by atoms with van der Waals surface area (Å²) in [6.45, 7) is 0. The topological polar surface area (TPSA) is 74.6 Å². The molecule has 0 aliphatic rings. The molecule has 0 aromatic heterocycles. The molecule has 2 rings (SSSR count). The standard InChI is InChI=1S/C13H10F2O4SSe/c14-13(15,20(18,19)10-4-2-1-3-5-10)21-12-7-6-9(16)8-11(12)17/h1-8,16-17H. The maximum atomic E-state index is 14.1. The van der Waals surface area contributed by atoms with Crippen molar-refractivity contribution >= 4 is 29.3 Å². The molecule has 0 unspecified atom stereocenters. The van der Waals surface area contributed by atoms with Gasteiger partial charge < -0.3 is 0 Å². The van der Waals surface area contributed by atoms with Crippen LogP contribution in [-0.2, 0) is 9.84 Å². The van der Waals surface area contributed by atoms with Crippen LogP contribution in [0, 0.1) is 0 Å². The van der Waals surface area contributed by atoms with Gasteiger partial charge in [0.1, 0.15) is 0 Å². The first-order valence-electron chi connectivity index (χ1n) is 5.62. The van der Waals surface area contributed by atoms with Crippen LogP contribution in [0.4, 0.5) is 8.78 Å². The van der Waals surface area contributed by atoms with Crippen LogP contribution in [0.1, 0.15) is 0 Å². The molecule has 8 heteroatoms. The summed E-state index contributed by atoms with van der Waals surface area (Å²) < 4.78 is 48.0. The zero-order valence-electron chi connectivity index (χ0n) is 10.4. The Labute approximate surface area is 126 Å². The van der Waals surface area contributed by atoms with Crippen molar-refractivity contribution in [3.05, 3.63) is 48.5 Å². The Morgan fingerprint density at radius 1 is 1.00 bits per heavy atom. The van der Waals surface area contributed by atoms with E-state index in [2.05, 4.69) is 0 Å². The number of benzene rings is 2. The number of rotatable bonds is 4. The van der Waals surface area contributed by atoms with Crippen molar-refractivity contribution in [2.24, 2.45) is 0 Å². The molecule has 0 radical (unpaired) electrons. The van der Waals surface area contributed by atoms with Crippen LogP contribution in [0.2, 0.25) is 0 Å². The van der Waals surface area contributed by atoms with Crippen LogP contribution in [0.5, 0.6) is 11.5 Å². The van der Waals surface area contributed by atoms with E-state index in [1.54, 1.807) is 0 Å². The van der Waals surface area contributed by atoms with Crippen LogP contribution in [0.15, 0.2) is 53.4 Å². The number of hydrogen-bond acceptors (Lipinski definition) is 4. The summed E-state index contributed by atoms with van der Waals surface area (Å²) in [6.07, 6.45) is 0. The van der Waals surface area contributed by atoms with Crippen molar-refractivity contribution in [1.82, 2.24) is 0 Å². The number of sulfone groups is 1. The Bertz CT molecular complexity index is 748. The molecule has 0 saturated carbocycles. The molecule has 0 aliphatic heterocycles. The Balaban J connectivity index is 2.38. The summed E-state index contributed by atoms with van der Waals surface area (Å²) in [5.74, 6) is -0.848. The Hall–Kier alpha value is -1.63. The van der Waals surface area contributed by atoms with Crippen molar-refractivity contribution in [2.45, 2.75) is 9.05 Å². The van der Waals surface area contributed by atoms with Gasteiger partial charge in [0.05, 0.1) is 0 Å². The quantitative estimate of drug-likeness (QED) is 0.789. The molecule has 0 atom stereocenters. The van der Waals surface area contributed by atoms with E-state index < -0.39 is 39.6 Å². The fraction of sp³-hybridized carbons (Fsp3) is 0.0769. The third-order valence-corrected chi connectivity index (χ3v) is 7.55. The second kappa shape index (κ2) is 5.63. The van der Waals surface area contributed by atoms with Gasteiger partial charge in [0.25, 0.3) is 0 Å². The molecule has 0 aliphatic carbocycles. The van der Waals surface area contributed by atoms with E-state index in [4.69, 9.17) is 5.11 Å². The predicted octanol–water partition coefficient (Wildman–Crippen LogP) is 1.45. The second-order valence-corrected chi connectivity index (χ2v) is 9.04. The fourth-order valence-corrected chi connectivity index (χ4v) is 5.34. The van der Waals surface area contributed by atoms with Crippen molar-refractivity contribution in [3.8, 4) is 11.5 Å². The first-order valence-corrected chi connectivity index (χ1v) is 8.82. The van der Waals surface area contributed by atoms with Crippen LogP contribution in [0.3, 0.4) is 0 Å². The molecule has 21 heavy (non-hydrogen) atoms. The van der Waals surface area contributed by atoms with Crippen LogP contribution >= 0.6 is 0 Å². The summed E-state index contributed by atoms with van der Waals surface area (Å²) in [4.78, 5) is -0.477. The summed E-state index contributed by atoms with van der Waals surface area (Å²) in [5, 5.41) is 18.6. The maximum absolute atomic E-state index is 14.1. The van der Waals surface area contributed by atoms with E-state index in [1.165, 1.54) is 18.2 Å². The van der Waals surface area contributed by atoms with Gasteiger partial charge in [0.15, 0.2) is 0 Å². The Morgan fingerprint density at radius 2 is 1.62 bits per heavy atom. The molecule has 0 heterocycles. The van der Waals surface area contributed by atoms with E-state index in [1.807, 2.05) is 0 Å². The molecule has 0 amide bonds. The predicted molar refractivity (Wildman–Crippen MR) is 73.7 cm³/mol. The normalized spacial score (nSPS) is 12.3. The van der Waals surface area contributed by atoms with E-state index in [0.29, 0.717) is 0 Å². The van der Waals surface area contributed by atoms with E-state index in [-0.39, 0.29) is 10.2 Å². The van der Waals surface area contributed by atoms with Gasteiger partial charge in [-0.15, -0.1) is 0 Å². The monoisotopic (exact) mass is 380 g/mol. The van der Waals surface area contributed by atoms with E-state index in [9.17, 15) is 22.3 Å². The average Bonchev–Trinajstić information content (AvgIpc) is 2.43. The number of phenols is 2. The molecule has 112 valence electrons. The van der Waals surface area contributed by atoms with Crippen LogP contribution < -0.4 is 4.46 Å². The molecule has 0 spiro atoms. The summed E-state index contributed by atoms with van der Waals surface area (Å²) in [7, 11) is -4.84. The van der Waals surface area contributed by atoms with Gasteiger partial charge in [0.2, 0.25) is 0 Å². The molecule has 0 fully saturated rings. The molecular weight excluding hydrogens is 369 g/mol. The number of alkyl halides is 2. The average molecular weight is 379 g/mol. The van der Waals surface area contributed by atoms with E-state index >= 15 is 0 Å². The first kappa shape index (κ1) is 15.8. The van der Waals surface area contributed by atoms with Crippen molar-refractivity contribution in [2.75, 3.05) is 0 Å². The Morgan fingerprint density at radius 3 is 2.19 bits per heavy atom. The summed E-state index contributed by atoms with van der Waals surface area (Å²) in [6, 6.07) is 9.51. The number of hydrogen-bond donors (Lipinski definition) is 2. The minimum atomic E-state index is -4.84. The summed E-state index contributed by atoms with van der Waals surface area (Å²) >= 11 is -1.85. The molecule has 0 bridgehead atoms. The zero-order chi connectivity index (χ0) is 15.7. The van der Waals surface area contributed by atoms with Crippen molar-refractivity contribution in [1.29, 1.82) is 0 Å². The molecule has 2 aromatic carbocycles. The van der Waals surface area contributed by atoms with Gasteiger partial charge in [-0.3, -0.25) is 0 Å². The third-order valence-electron chi connectivity index (χ3n) is 2.54. The summed E-state index contributed by atoms with van der Waals surface area (Å²) in [5.41, 5.74) is 0. The van der Waals surface area contributed by atoms with Crippen LogP contribution in [0.25, 0.3) is 0 Å². The van der Waals surface area contributed by atoms with Gasteiger partial charge in [0, 0.05) is 0 Å². The van der Waals surface area contributed by atoms with Crippen molar-refractivity contribution < 1.29 is 27.4 Å². The molecular formula is C13H10F2O4SSe. The second-order valence-electron chi connectivity index (χ2n) is 4.03. The van der Waals surface area contributed by atoms with Gasteiger partial charge in [-0.2, -0.15) is 0 Å². The molecule has 0 saturated heterocycles. The minimum absolute atomic E-state index is 0.204. The third kappa shape index (κ3) is 3.18. The SMILES string of the molecule is O=S(=O)(c1ccccc1)C(F)(F)[Se]c1ccc(O)cc1O. The van der Waals surface area contributed by atoms with E-state index in [0.717, 1.165) is 30.3 Å². The van der Waals surface area contributed by atoms with Gasteiger partial charge in [-0.25, -0.2) is 0 Å². The molecule has 4 nitrogen and oxygen atoms in total. The van der Waals surface area contributed by atoms with Crippen molar-refractivity contribution in [3.63, 3.8) is 0 Å². The van der Waals surface area contributed by atoms with Crippen LogP contribution in [-0.4, -0.2) is 37.7 Å². The molecule has 2 aromatic rings. The Kier molecular flexibility index (Phi) is 4.22. The molecule has 2 N–H and O–H groups in total. The number of halogens is 2. The fourth-order valence-electron chi connectivity index (χ4n) is 1.51. The number of phenolic OH excluding ortho intramolecular Hbond substituents is 2. The zero-order valence-corrected chi connectivity index (χ0v) is 12.9. The number of aromatic hydroxyl groups is 2. The van der Waals surface area contributed by atoms with Gasteiger partial charge in [-0.1, -0.05) is 0 Å². The van der Waals surface area contributed by atoms with Gasteiger partial charge >= 0.3 is 126 Å².